The molecule has 0 radical (unpaired) electrons. The number of benzene rings is 1. The number of carbonyl (C=O) groups excluding carboxylic acids is 1. The third-order valence-electron chi connectivity index (χ3n) is 3.26. The van der Waals surface area contributed by atoms with Crippen LogP contribution in [0, 0.1) is 5.92 Å². The molecule has 0 heterocycles. The van der Waals surface area contributed by atoms with Gasteiger partial charge in [-0.1, -0.05) is 24.3 Å². The van der Waals surface area contributed by atoms with Crippen molar-refractivity contribution in [3.8, 4) is 0 Å². The van der Waals surface area contributed by atoms with E-state index >= 15 is 0 Å². The minimum Gasteiger partial charge on any atom is -0.481 e. The summed E-state index contributed by atoms with van der Waals surface area (Å²) in [6.45, 7) is 0. The van der Waals surface area contributed by atoms with Crippen LogP contribution in [0.1, 0.15) is 24.8 Å². The number of rotatable bonds is 7. The van der Waals surface area contributed by atoms with Crippen LogP contribution in [0.4, 0.5) is 5.69 Å². The maximum absolute atomic E-state index is 12.0. The van der Waals surface area contributed by atoms with Crippen LogP contribution in [0.5, 0.6) is 0 Å². The molecule has 21 heavy (non-hydrogen) atoms. The number of amides is 1. The van der Waals surface area contributed by atoms with Gasteiger partial charge in [-0.15, -0.1) is 11.8 Å². The van der Waals surface area contributed by atoms with Gasteiger partial charge in [0.2, 0.25) is 5.91 Å². The van der Waals surface area contributed by atoms with E-state index in [1.54, 1.807) is 0 Å². The number of hydrogen-bond acceptors (Lipinski definition) is 3. The molecule has 2 N–H and O–H groups in total. The molecule has 0 spiro atoms. The molecule has 1 amide bonds. The Labute approximate surface area is 128 Å². The van der Waals surface area contributed by atoms with Gasteiger partial charge in [-0.05, 0) is 36.5 Å². The van der Waals surface area contributed by atoms with E-state index < -0.39 is 5.97 Å². The van der Waals surface area contributed by atoms with Crippen molar-refractivity contribution in [2.24, 2.45) is 5.92 Å². The standard InChI is InChI=1S/C16H19NO3S/c18-15(9-12-4-1-2-5-12)17-14-7-3-6-13(8-14)10-21-11-16(19)20/h1,3-4,6-8,12H,2,5,9-11H2,(H,17,18)(H,19,20). The molecule has 0 aliphatic heterocycles. The molecular weight excluding hydrogens is 286 g/mol. The van der Waals surface area contributed by atoms with Gasteiger partial charge in [-0.2, -0.15) is 0 Å². The van der Waals surface area contributed by atoms with Crippen LogP contribution >= 0.6 is 11.8 Å². The second-order valence-corrected chi connectivity index (χ2v) is 6.09. The number of hydrogen-bond donors (Lipinski definition) is 2. The normalized spacial score (nSPS) is 16.9. The third kappa shape index (κ3) is 5.63. The molecule has 1 aromatic carbocycles. The van der Waals surface area contributed by atoms with Gasteiger partial charge in [0.15, 0.2) is 0 Å². The number of carboxylic acid groups (broad SMARTS) is 1. The second-order valence-electron chi connectivity index (χ2n) is 5.10. The number of nitrogens with one attached hydrogen (secondary N) is 1. The van der Waals surface area contributed by atoms with Gasteiger partial charge in [0.25, 0.3) is 0 Å². The van der Waals surface area contributed by atoms with Gasteiger partial charge < -0.3 is 10.4 Å². The van der Waals surface area contributed by atoms with Crippen LogP contribution < -0.4 is 5.32 Å². The number of carboxylic acids is 1. The predicted octanol–water partition coefficient (Wildman–Crippen LogP) is 3.30. The molecule has 0 fully saturated rings. The third-order valence-corrected chi connectivity index (χ3v) is 4.25. The number of anilines is 1. The SMILES string of the molecule is O=C(O)CSCc1cccc(NC(=O)CC2C=CCC2)c1. The van der Waals surface area contributed by atoms with E-state index in [1.807, 2.05) is 24.3 Å². The average Bonchev–Trinajstić information content (AvgIpc) is 2.91. The first-order chi connectivity index (χ1) is 10.1. The lowest BCUT2D eigenvalue weighted by Gasteiger charge is -2.10. The monoisotopic (exact) mass is 305 g/mol. The minimum atomic E-state index is -0.811. The van der Waals surface area contributed by atoms with E-state index in [-0.39, 0.29) is 11.7 Å². The highest BCUT2D eigenvalue weighted by Gasteiger charge is 2.14. The van der Waals surface area contributed by atoms with Crippen molar-refractivity contribution in [1.29, 1.82) is 0 Å². The molecule has 1 unspecified atom stereocenters. The van der Waals surface area contributed by atoms with Gasteiger partial charge in [0.1, 0.15) is 0 Å². The Morgan fingerprint density at radius 1 is 1.38 bits per heavy atom. The summed E-state index contributed by atoms with van der Waals surface area (Å²) in [6, 6.07) is 7.57. The molecule has 5 heteroatoms. The van der Waals surface area contributed by atoms with E-state index in [2.05, 4.69) is 17.5 Å². The molecule has 1 aliphatic carbocycles. The van der Waals surface area contributed by atoms with E-state index in [1.165, 1.54) is 11.8 Å². The zero-order valence-electron chi connectivity index (χ0n) is 11.7. The van der Waals surface area contributed by atoms with Gasteiger partial charge in [-0.3, -0.25) is 9.59 Å². The lowest BCUT2D eigenvalue weighted by atomic mass is 10.0. The predicted molar refractivity (Wildman–Crippen MR) is 85.4 cm³/mol. The Balaban J connectivity index is 1.83. The number of aliphatic carboxylic acids is 1. The maximum atomic E-state index is 12.0. The Hall–Kier alpha value is -1.75. The topological polar surface area (TPSA) is 66.4 Å². The molecule has 2 rings (SSSR count). The van der Waals surface area contributed by atoms with Crippen LogP contribution in [0.25, 0.3) is 0 Å². The summed E-state index contributed by atoms with van der Waals surface area (Å²) in [4.78, 5) is 22.4. The van der Waals surface area contributed by atoms with E-state index in [0.29, 0.717) is 18.1 Å². The summed E-state index contributed by atoms with van der Waals surface area (Å²) in [6.07, 6.45) is 6.87. The van der Waals surface area contributed by atoms with Crippen molar-refractivity contribution in [3.05, 3.63) is 42.0 Å². The number of allylic oxidation sites excluding steroid dienone is 2. The molecule has 1 aromatic rings. The highest BCUT2D eigenvalue weighted by molar-refractivity contribution is 7.99. The van der Waals surface area contributed by atoms with Gasteiger partial charge in [-0.25, -0.2) is 0 Å². The summed E-state index contributed by atoms with van der Waals surface area (Å²) < 4.78 is 0. The summed E-state index contributed by atoms with van der Waals surface area (Å²) >= 11 is 1.35. The Morgan fingerprint density at radius 3 is 2.95 bits per heavy atom. The van der Waals surface area contributed by atoms with E-state index in [0.717, 1.165) is 24.1 Å². The summed E-state index contributed by atoms with van der Waals surface area (Å²) in [5.41, 5.74) is 1.79. The summed E-state index contributed by atoms with van der Waals surface area (Å²) in [5, 5.41) is 11.5. The first-order valence-corrected chi connectivity index (χ1v) is 8.14. The summed E-state index contributed by atoms with van der Waals surface area (Å²) in [7, 11) is 0. The fourth-order valence-electron chi connectivity index (χ4n) is 2.31. The van der Waals surface area contributed by atoms with Crippen molar-refractivity contribution in [2.75, 3.05) is 11.1 Å². The van der Waals surface area contributed by atoms with Crippen molar-refractivity contribution >= 4 is 29.3 Å². The zero-order valence-corrected chi connectivity index (χ0v) is 12.6. The first kappa shape index (κ1) is 15.6. The minimum absolute atomic E-state index is 0.0295. The first-order valence-electron chi connectivity index (χ1n) is 6.98. The Morgan fingerprint density at radius 2 is 2.24 bits per heavy atom. The van der Waals surface area contributed by atoms with Crippen LogP contribution in [0.3, 0.4) is 0 Å². The highest BCUT2D eigenvalue weighted by atomic mass is 32.2. The molecule has 1 aliphatic rings. The number of carbonyl (C=O) groups is 2. The fourth-order valence-corrected chi connectivity index (χ4v) is 3.00. The fraction of sp³-hybridized carbons (Fsp3) is 0.375. The van der Waals surface area contributed by atoms with Gasteiger partial charge in [0, 0.05) is 17.9 Å². The second kappa shape index (κ2) is 7.88. The zero-order chi connectivity index (χ0) is 15.1. The molecule has 0 bridgehead atoms. The maximum Gasteiger partial charge on any atom is 0.313 e. The molecule has 112 valence electrons. The molecule has 0 saturated carbocycles. The largest absolute Gasteiger partial charge is 0.481 e. The van der Waals surface area contributed by atoms with Crippen molar-refractivity contribution < 1.29 is 14.7 Å². The molecule has 1 atom stereocenters. The quantitative estimate of drug-likeness (QED) is 0.759. The number of thioether (sulfide) groups is 1. The van der Waals surface area contributed by atoms with E-state index in [9.17, 15) is 9.59 Å². The van der Waals surface area contributed by atoms with Crippen molar-refractivity contribution in [1.82, 2.24) is 0 Å². The molecule has 4 nitrogen and oxygen atoms in total. The van der Waals surface area contributed by atoms with Gasteiger partial charge >= 0.3 is 5.97 Å². The smallest absolute Gasteiger partial charge is 0.313 e. The molecular formula is C16H19NO3S. The van der Waals surface area contributed by atoms with Crippen LogP contribution in [-0.4, -0.2) is 22.7 Å². The van der Waals surface area contributed by atoms with Crippen molar-refractivity contribution in [3.63, 3.8) is 0 Å². The Kier molecular flexibility index (Phi) is 5.87. The van der Waals surface area contributed by atoms with Gasteiger partial charge in [0.05, 0.1) is 5.75 Å². The Bertz CT molecular complexity index is 542. The van der Waals surface area contributed by atoms with E-state index in [4.69, 9.17) is 5.11 Å². The molecule has 0 saturated heterocycles. The summed E-state index contributed by atoms with van der Waals surface area (Å²) in [5.74, 6) is 0.293. The van der Waals surface area contributed by atoms with Crippen molar-refractivity contribution in [2.45, 2.75) is 25.0 Å². The van der Waals surface area contributed by atoms with Crippen LogP contribution in [-0.2, 0) is 15.3 Å². The van der Waals surface area contributed by atoms with Crippen LogP contribution in [0.2, 0.25) is 0 Å². The lowest BCUT2D eigenvalue weighted by molar-refractivity contribution is -0.133. The average molecular weight is 305 g/mol. The highest BCUT2D eigenvalue weighted by Crippen LogP contribution is 2.21. The lowest BCUT2D eigenvalue weighted by Crippen LogP contribution is -2.14. The molecule has 0 aromatic heterocycles. The van der Waals surface area contributed by atoms with Crippen LogP contribution in [0.15, 0.2) is 36.4 Å².